The molecular weight excluding hydrogens is 424 g/mol. The maximum Gasteiger partial charge on any atom is 0.305 e. The first-order valence-electron chi connectivity index (χ1n) is 13.2. The molecule has 0 aliphatic carbocycles. The van der Waals surface area contributed by atoms with Gasteiger partial charge in [-0.15, -0.1) is 0 Å². The highest BCUT2D eigenvalue weighted by Crippen LogP contribution is 2.13. The quantitative estimate of drug-likeness (QED) is 0.119. The Bertz CT molecular complexity index is 429. The summed E-state index contributed by atoms with van der Waals surface area (Å²) in [6.45, 7) is 6.73. The Kier molecular flexibility index (Phi) is 26.1. The largest absolute Gasteiger partial charge is 0.463 e. The van der Waals surface area contributed by atoms with E-state index in [1.807, 2.05) is 0 Å². The maximum atomic E-state index is 11.7. The fourth-order valence-corrected chi connectivity index (χ4v) is 3.36. The van der Waals surface area contributed by atoms with E-state index in [-0.39, 0.29) is 25.2 Å². The molecule has 0 spiro atoms. The summed E-state index contributed by atoms with van der Waals surface area (Å²) in [6, 6.07) is 0. The summed E-state index contributed by atoms with van der Waals surface area (Å²) in [5.74, 6) is -0.443. The molecule has 7 heteroatoms. The minimum absolute atomic E-state index is 0.135. The first-order chi connectivity index (χ1) is 16.2. The van der Waals surface area contributed by atoms with Gasteiger partial charge >= 0.3 is 11.9 Å². The van der Waals surface area contributed by atoms with Crippen molar-refractivity contribution in [1.29, 1.82) is 0 Å². The zero-order valence-corrected chi connectivity index (χ0v) is 21.4. The lowest BCUT2D eigenvalue weighted by molar-refractivity contribution is -0.145. The van der Waals surface area contributed by atoms with Gasteiger partial charge in [0.1, 0.15) is 13.2 Å². The van der Waals surface area contributed by atoms with E-state index < -0.39 is 0 Å². The first-order valence-corrected chi connectivity index (χ1v) is 13.2. The molecule has 0 rings (SSSR count). The number of esters is 2. The van der Waals surface area contributed by atoms with Crippen LogP contribution < -0.4 is 0 Å². The first kappa shape index (κ1) is 31.8. The Morgan fingerprint density at radius 2 is 0.848 bits per heavy atom. The van der Waals surface area contributed by atoms with Gasteiger partial charge in [-0.2, -0.15) is 0 Å². The van der Waals surface area contributed by atoms with Crippen LogP contribution in [0, 0.1) is 0 Å². The smallest absolute Gasteiger partial charge is 0.305 e. The molecule has 33 heavy (non-hydrogen) atoms. The molecule has 0 bridgehead atoms. The zero-order chi connectivity index (χ0) is 24.2. The summed E-state index contributed by atoms with van der Waals surface area (Å²) >= 11 is 0. The molecule has 0 saturated heterocycles. The van der Waals surface area contributed by atoms with E-state index in [1.54, 1.807) is 0 Å². The van der Waals surface area contributed by atoms with Crippen LogP contribution in [0.3, 0.4) is 0 Å². The van der Waals surface area contributed by atoms with Crippen molar-refractivity contribution in [3.8, 4) is 0 Å². The average molecular weight is 475 g/mol. The predicted octanol–water partition coefficient (Wildman–Crippen LogP) is 5.62. The molecule has 0 aromatic rings. The second-order valence-corrected chi connectivity index (χ2v) is 8.39. The van der Waals surface area contributed by atoms with E-state index in [2.05, 4.69) is 6.92 Å². The Morgan fingerprint density at radius 3 is 1.27 bits per heavy atom. The van der Waals surface area contributed by atoms with Gasteiger partial charge in [0.25, 0.3) is 0 Å². The predicted molar refractivity (Wildman–Crippen MR) is 130 cm³/mol. The van der Waals surface area contributed by atoms with Crippen LogP contribution in [-0.4, -0.2) is 64.8 Å². The average Bonchev–Trinajstić information content (AvgIpc) is 2.79. The van der Waals surface area contributed by atoms with Gasteiger partial charge in [-0.25, -0.2) is 0 Å². The van der Waals surface area contributed by atoms with Gasteiger partial charge in [0.05, 0.1) is 39.6 Å². The zero-order valence-electron chi connectivity index (χ0n) is 21.4. The van der Waals surface area contributed by atoms with E-state index in [0.29, 0.717) is 46.1 Å². The number of carbonyl (C=O) groups is 2. The third-order valence-electron chi connectivity index (χ3n) is 5.25. The molecule has 0 aromatic carbocycles. The van der Waals surface area contributed by atoms with Crippen LogP contribution in [0.25, 0.3) is 0 Å². The lowest BCUT2D eigenvalue weighted by Gasteiger charge is -2.08. The van der Waals surface area contributed by atoms with E-state index in [0.717, 1.165) is 12.8 Å². The molecule has 0 amide bonds. The van der Waals surface area contributed by atoms with Gasteiger partial charge in [0, 0.05) is 13.3 Å². The molecule has 196 valence electrons. The van der Waals surface area contributed by atoms with Crippen LogP contribution >= 0.6 is 0 Å². The van der Waals surface area contributed by atoms with Crippen molar-refractivity contribution in [3.63, 3.8) is 0 Å². The van der Waals surface area contributed by atoms with Crippen molar-refractivity contribution < 1.29 is 33.3 Å². The lowest BCUT2D eigenvalue weighted by atomic mass is 10.0. The second kappa shape index (κ2) is 27.1. The Hall–Kier alpha value is -1.18. The number of carbonyl (C=O) groups excluding carboxylic acids is 2. The normalized spacial score (nSPS) is 11.0. The summed E-state index contributed by atoms with van der Waals surface area (Å²) in [5.41, 5.74) is 0. The molecule has 0 N–H and O–H groups in total. The molecule has 0 aromatic heterocycles. The summed E-state index contributed by atoms with van der Waals surface area (Å²) in [6.07, 6.45) is 17.4. The van der Waals surface area contributed by atoms with E-state index in [9.17, 15) is 9.59 Å². The van der Waals surface area contributed by atoms with Crippen molar-refractivity contribution in [2.45, 2.75) is 104 Å². The van der Waals surface area contributed by atoms with Crippen molar-refractivity contribution in [2.75, 3.05) is 52.9 Å². The maximum absolute atomic E-state index is 11.7. The Morgan fingerprint density at radius 1 is 0.485 bits per heavy atom. The van der Waals surface area contributed by atoms with Crippen molar-refractivity contribution in [3.05, 3.63) is 0 Å². The van der Waals surface area contributed by atoms with Gasteiger partial charge in [0.2, 0.25) is 0 Å². The van der Waals surface area contributed by atoms with Crippen LogP contribution in [0.15, 0.2) is 0 Å². The minimum Gasteiger partial charge on any atom is -0.463 e. The molecular formula is C26H50O7. The van der Waals surface area contributed by atoms with E-state index in [1.165, 1.54) is 77.6 Å². The molecule has 0 heterocycles. The summed E-state index contributed by atoms with van der Waals surface area (Å²) in [4.78, 5) is 22.3. The van der Waals surface area contributed by atoms with Crippen LogP contribution in [-0.2, 0) is 33.3 Å². The van der Waals surface area contributed by atoms with Crippen LogP contribution in [0.4, 0.5) is 0 Å². The van der Waals surface area contributed by atoms with Gasteiger partial charge in [0.15, 0.2) is 0 Å². The third-order valence-corrected chi connectivity index (χ3v) is 5.25. The molecule has 0 fully saturated rings. The number of rotatable bonds is 26. The minimum atomic E-state index is -0.308. The van der Waals surface area contributed by atoms with Crippen LogP contribution in [0.2, 0.25) is 0 Å². The standard InChI is InChI=1S/C26H50O7/c1-3-4-5-6-7-8-9-10-11-12-13-14-15-16-26(28)33-24-22-31-20-18-29-17-19-30-21-23-32-25(2)27/h3-24H2,1-2H3. The fourth-order valence-electron chi connectivity index (χ4n) is 3.36. The number of ether oxygens (including phenoxy) is 5. The van der Waals surface area contributed by atoms with E-state index >= 15 is 0 Å². The number of hydrogen-bond donors (Lipinski definition) is 0. The Labute approximate surface area is 202 Å². The molecule has 0 unspecified atom stereocenters. The second-order valence-electron chi connectivity index (χ2n) is 8.39. The molecule has 0 atom stereocenters. The van der Waals surface area contributed by atoms with E-state index in [4.69, 9.17) is 23.7 Å². The van der Waals surface area contributed by atoms with Gasteiger partial charge in [-0.05, 0) is 6.42 Å². The van der Waals surface area contributed by atoms with Crippen LogP contribution in [0.1, 0.15) is 104 Å². The summed E-state index contributed by atoms with van der Waals surface area (Å²) in [7, 11) is 0. The lowest BCUT2D eigenvalue weighted by Crippen LogP contribution is -2.14. The van der Waals surface area contributed by atoms with Crippen molar-refractivity contribution in [2.24, 2.45) is 0 Å². The molecule has 7 nitrogen and oxygen atoms in total. The monoisotopic (exact) mass is 474 g/mol. The van der Waals surface area contributed by atoms with Crippen LogP contribution in [0.5, 0.6) is 0 Å². The van der Waals surface area contributed by atoms with Gasteiger partial charge < -0.3 is 23.7 Å². The summed E-state index contributed by atoms with van der Waals surface area (Å²) < 4.78 is 25.9. The third kappa shape index (κ3) is 28.8. The topological polar surface area (TPSA) is 80.3 Å². The van der Waals surface area contributed by atoms with Gasteiger partial charge in [-0.1, -0.05) is 84.0 Å². The highest BCUT2D eigenvalue weighted by atomic mass is 16.6. The SMILES string of the molecule is CCCCCCCCCCCCCCCC(=O)OCCOCCOCCOCCOC(C)=O. The van der Waals surface area contributed by atoms with Crippen molar-refractivity contribution >= 4 is 11.9 Å². The molecule has 0 saturated carbocycles. The number of unbranched alkanes of at least 4 members (excludes halogenated alkanes) is 12. The molecule has 0 aliphatic rings. The highest BCUT2D eigenvalue weighted by molar-refractivity contribution is 5.69. The highest BCUT2D eigenvalue weighted by Gasteiger charge is 2.02. The van der Waals surface area contributed by atoms with Crippen molar-refractivity contribution in [1.82, 2.24) is 0 Å². The molecule has 0 radical (unpaired) electrons. The molecule has 0 aliphatic heterocycles. The Balaban J connectivity index is 3.16. The van der Waals surface area contributed by atoms with Gasteiger partial charge in [-0.3, -0.25) is 9.59 Å². The number of hydrogen-bond acceptors (Lipinski definition) is 7. The summed E-state index contributed by atoms with van der Waals surface area (Å²) in [5, 5.41) is 0. The fraction of sp³-hybridized carbons (Fsp3) is 0.923.